The van der Waals surface area contributed by atoms with Gasteiger partial charge in [-0.3, -0.25) is 0 Å². The molecule has 0 amide bonds. The van der Waals surface area contributed by atoms with Gasteiger partial charge in [0.1, 0.15) is 0 Å². The Balaban J connectivity index is 2.20. The highest BCUT2D eigenvalue weighted by Gasteiger charge is 2.48. The van der Waals surface area contributed by atoms with Crippen molar-refractivity contribution in [1.82, 2.24) is 4.90 Å². The number of hydrogen-bond donors (Lipinski definition) is 0. The summed E-state index contributed by atoms with van der Waals surface area (Å²) in [4.78, 5) is 2.49. The van der Waals surface area contributed by atoms with Crippen LogP contribution in [-0.4, -0.2) is 37.7 Å². The van der Waals surface area contributed by atoms with Crippen molar-refractivity contribution in [3.8, 4) is 0 Å². The predicted molar refractivity (Wildman–Crippen MR) is 53.7 cm³/mol. The van der Waals surface area contributed by atoms with Crippen molar-refractivity contribution in [3.05, 3.63) is 0 Å². The van der Waals surface area contributed by atoms with E-state index < -0.39 is 0 Å². The molecule has 2 bridgehead atoms. The Morgan fingerprint density at radius 1 is 1.31 bits per heavy atom. The van der Waals surface area contributed by atoms with Gasteiger partial charge in [-0.25, -0.2) is 0 Å². The van der Waals surface area contributed by atoms with Gasteiger partial charge in [-0.2, -0.15) is 0 Å². The maximum absolute atomic E-state index is 5.63. The number of ether oxygens (including phenoxy) is 1. The number of likely N-dealkylation sites (tertiary alicyclic amines) is 1. The number of rotatable bonds is 1. The van der Waals surface area contributed by atoms with Crippen LogP contribution in [-0.2, 0) is 4.74 Å². The zero-order chi connectivity index (χ0) is 9.59. The van der Waals surface area contributed by atoms with E-state index in [1.807, 2.05) is 7.11 Å². The van der Waals surface area contributed by atoms with E-state index in [2.05, 4.69) is 25.8 Å². The van der Waals surface area contributed by atoms with Crippen LogP contribution in [0.2, 0.25) is 0 Å². The quantitative estimate of drug-likeness (QED) is 0.612. The third-order valence-electron chi connectivity index (χ3n) is 4.16. The van der Waals surface area contributed by atoms with E-state index in [9.17, 15) is 0 Å². The van der Waals surface area contributed by atoms with Gasteiger partial charge in [-0.15, -0.1) is 0 Å². The van der Waals surface area contributed by atoms with Gasteiger partial charge in [0, 0.05) is 19.7 Å². The number of methoxy groups -OCH3 is 1. The summed E-state index contributed by atoms with van der Waals surface area (Å²) in [6.45, 7) is 5.99. The molecule has 2 heteroatoms. The van der Waals surface area contributed by atoms with Crippen LogP contribution in [0.4, 0.5) is 0 Å². The molecule has 1 heterocycles. The standard InChI is InChI=1S/C11H21NO/c1-7-5-9-6-12(3)10(8(9)2)11(7)13-4/h7-11H,5-6H2,1-4H3/t7?,8-,9?,10+,11-/m0/s1. The van der Waals surface area contributed by atoms with Gasteiger partial charge in [0.25, 0.3) is 0 Å². The predicted octanol–water partition coefficient (Wildman–Crippen LogP) is 1.61. The van der Waals surface area contributed by atoms with Crippen LogP contribution < -0.4 is 0 Å². The maximum atomic E-state index is 5.63. The molecule has 0 aromatic rings. The van der Waals surface area contributed by atoms with E-state index >= 15 is 0 Å². The second-order valence-corrected chi connectivity index (χ2v) is 4.96. The van der Waals surface area contributed by atoms with Gasteiger partial charge >= 0.3 is 0 Å². The lowest BCUT2D eigenvalue weighted by atomic mass is 9.74. The van der Waals surface area contributed by atoms with Crippen molar-refractivity contribution in [2.45, 2.75) is 32.4 Å². The summed E-state index contributed by atoms with van der Waals surface area (Å²) < 4.78 is 5.63. The highest BCUT2D eigenvalue weighted by Crippen LogP contribution is 2.43. The molecule has 76 valence electrons. The summed E-state index contributed by atoms with van der Waals surface area (Å²) in [5, 5.41) is 0. The van der Waals surface area contributed by atoms with Gasteiger partial charge in [-0.05, 0) is 31.2 Å². The summed E-state index contributed by atoms with van der Waals surface area (Å²) in [6.07, 6.45) is 1.80. The average Bonchev–Trinajstić information content (AvgIpc) is 2.30. The Bertz CT molecular complexity index is 195. The third-order valence-corrected chi connectivity index (χ3v) is 4.16. The largest absolute Gasteiger partial charge is 0.380 e. The highest BCUT2D eigenvalue weighted by molar-refractivity contribution is 5.00. The number of fused-ring (bicyclic) bond motifs is 2. The number of nitrogens with zero attached hydrogens (tertiary/aromatic N) is 1. The van der Waals surface area contributed by atoms with E-state index in [4.69, 9.17) is 4.74 Å². The van der Waals surface area contributed by atoms with E-state index in [0.717, 1.165) is 17.8 Å². The van der Waals surface area contributed by atoms with E-state index in [-0.39, 0.29) is 0 Å². The molecule has 2 nitrogen and oxygen atoms in total. The molecule has 0 aromatic heterocycles. The zero-order valence-corrected chi connectivity index (χ0v) is 9.16. The number of likely N-dealkylation sites (N-methyl/N-ethyl adjacent to an activating group) is 1. The van der Waals surface area contributed by atoms with E-state index in [1.165, 1.54) is 13.0 Å². The first-order chi connectivity index (χ1) is 6.15. The van der Waals surface area contributed by atoms with Crippen LogP contribution in [0.25, 0.3) is 0 Å². The van der Waals surface area contributed by atoms with Crippen molar-refractivity contribution >= 4 is 0 Å². The Labute approximate surface area is 81.3 Å². The molecule has 2 rings (SSSR count). The molecule has 2 unspecified atom stereocenters. The van der Waals surface area contributed by atoms with Gasteiger partial charge in [-0.1, -0.05) is 13.8 Å². The van der Waals surface area contributed by atoms with Crippen molar-refractivity contribution in [1.29, 1.82) is 0 Å². The van der Waals surface area contributed by atoms with Crippen molar-refractivity contribution in [2.75, 3.05) is 20.7 Å². The fourth-order valence-electron chi connectivity index (χ4n) is 3.50. The van der Waals surface area contributed by atoms with Crippen LogP contribution in [0.3, 0.4) is 0 Å². The second-order valence-electron chi connectivity index (χ2n) is 4.96. The van der Waals surface area contributed by atoms with E-state index in [0.29, 0.717) is 12.1 Å². The first-order valence-electron chi connectivity index (χ1n) is 5.38. The average molecular weight is 183 g/mol. The van der Waals surface area contributed by atoms with Crippen LogP contribution in [0.5, 0.6) is 0 Å². The summed E-state index contributed by atoms with van der Waals surface area (Å²) in [5.41, 5.74) is 0. The van der Waals surface area contributed by atoms with Gasteiger partial charge in [0.2, 0.25) is 0 Å². The lowest BCUT2D eigenvalue weighted by Gasteiger charge is -2.39. The Morgan fingerprint density at radius 3 is 2.62 bits per heavy atom. The minimum atomic E-state index is 0.457. The molecule has 1 saturated carbocycles. The fraction of sp³-hybridized carbons (Fsp3) is 1.00. The second kappa shape index (κ2) is 3.25. The summed E-state index contributed by atoms with van der Waals surface area (Å²) >= 11 is 0. The van der Waals surface area contributed by atoms with Gasteiger partial charge in [0.05, 0.1) is 6.10 Å². The van der Waals surface area contributed by atoms with Crippen LogP contribution in [0, 0.1) is 17.8 Å². The first-order valence-corrected chi connectivity index (χ1v) is 5.38. The minimum absolute atomic E-state index is 0.457. The molecule has 2 aliphatic rings. The van der Waals surface area contributed by atoms with Crippen molar-refractivity contribution < 1.29 is 4.74 Å². The molecule has 0 radical (unpaired) electrons. The van der Waals surface area contributed by atoms with E-state index in [1.54, 1.807) is 0 Å². The molecule has 5 atom stereocenters. The molecule has 0 N–H and O–H groups in total. The molecule has 0 spiro atoms. The molecule has 1 aliphatic heterocycles. The van der Waals surface area contributed by atoms with Crippen molar-refractivity contribution in [3.63, 3.8) is 0 Å². The molecule has 13 heavy (non-hydrogen) atoms. The fourth-order valence-corrected chi connectivity index (χ4v) is 3.50. The summed E-state index contributed by atoms with van der Waals surface area (Å²) in [6, 6.07) is 0.666. The van der Waals surface area contributed by atoms with Crippen molar-refractivity contribution in [2.24, 2.45) is 17.8 Å². The highest BCUT2D eigenvalue weighted by atomic mass is 16.5. The third kappa shape index (κ3) is 1.31. The van der Waals surface area contributed by atoms with Gasteiger partial charge in [0.15, 0.2) is 0 Å². The lowest BCUT2D eigenvalue weighted by molar-refractivity contribution is -0.0285. The summed E-state index contributed by atoms with van der Waals surface area (Å²) in [7, 11) is 4.10. The van der Waals surface area contributed by atoms with Crippen LogP contribution in [0.1, 0.15) is 20.3 Å². The summed E-state index contributed by atoms with van der Waals surface area (Å²) in [5.74, 6) is 2.48. The Morgan fingerprint density at radius 2 is 2.00 bits per heavy atom. The van der Waals surface area contributed by atoms with Crippen LogP contribution >= 0.6 is 0 Å². The molecule has 0 aromatic carbocycles. The Kier molecular flexibility index (Phi) is 2.37. The molecule has 1 saturated heterocycles. The monoisotopic (exact) mass is 183 g/mol. The molecular formula is C11H21NO. The normalized spacial score (nSPS) is 51.2. The molecular weight excluding hydrogens is 162 g/mol. The minimum Gasteiger partial charge on any atom is -0.380 e. The molecule has 1 aliphatic carbocycles. The smallest absolute Gasteiger partial charge is 0.0754 e. The topological polar surface area (TPSA) is 12.5 Å². The first kappa shape index (κ1) is 9.47. The molecule has 2 fully saturated rings. The van der Waals surface area contributed by atoms with Crippen LogP contribution in [0.15, 0.2) is 0 Å². The lowest BCUT2D eigenvalue weighted by Crippen LogP contribution is -2.46. The van der Waals surface area contributed by atoms with Gasteiger partial charge < -0.3 is 9.64 Å². The SMILES string of the molecule is CO[C@H]1C(C)CC2CN(C)[C@@H]1[C@H]2C. The maximum Gasteiger partial charge on any atom is 0.0754 e. The number of hydrogen-bond acceptors (Lipinski definition) is 2. The Hall–Kier alpha value is -0.0800. The zero-order valence-electron chi connectivity index (χ0n) is 9.16.